The topological polar surface area (TPSA) is 79.8 Å². The summed E-state index contributed by atoms with van der Waals surface area (Å²) in [6, 6.07) is 15.8. The number of aromatic amines is 1. The zero-order chi connectivity index (χ0) is 19.9. The number of aromatic nitrogens is 3. The van der Waals surface area contributed by atoms with Gasteiger partial charge in [0.15, 0.2) is 6.29 Å². The summed E-state index contributed by atoms with van der Waals surface area (Å²) in [5, 5.41) is 4.46. The van der Waals surface area contributed by atoms with Crippen LogP contribution in [0.2, 0.25) is 5.02 Å². The van der Waals surface area contributed by atoms with E-state index in [1.807, 2.05) is 19.2 Å². The summed E-state index contributed by atoms with van der Waals surface area (Å²) in [7, 11) is 1.93. The summed E-state index contributed by atoms with van der Waals surface area (Å²) < 4.78 is 1.51. The van der Waals surface area contributed by atoms with Crippen LogP contribution in [0.15, 0.2) is 71.8 Å². The van der Waals surface area contributed by atoms with E-state index in [0.717, 1.165) is 18.2 Å². The molecule has 1 aromatic carbocycles. The molecule has 142 valence electrons. The fourth-order valence-corrected chi connectivity index (χ4v) is 2.88. The van der Waals surface area contributed by atoms with Gasteiger partial charge in [-0.1, -0.05) is 11.6 Å². The second-order valence-electron chi connectivity index (χ2n) is 6.02. The fraction of sp³-hybridized carbons (Fsp3) is 0.0952. The van der Waals surface area contributed by atoms with Gasteiger partial charge in [0.1, 0.15) is 5.65 Å². The van der Waals surface area contributed by atoms with Gasteiger partial charge in [-0.2, -0.15) is 0 Å². The van der Waals surface area contributed by atoms with Crippen molar-refractivity contribution in [1.29, 1.82) is 0 Å². The monoisotopic (exact) mass is 394 g/mol. The molecule has 0 saturated heterocycles. The number of hydrogen-bond acceptors (Lipinski definition) is 4. The van der Waals surface area contributed by atoms with Gasteiger partial charge in [0.05, 0.1) is 11.4 Å². The first kappa shape index (κ1) is 19.5. The molecular weight excluding hydrogens is 376 g/mol. The van der Waals surface area contributed by atoms with Crippen molar-refractivity contribution in [3.05, 3.63) is 93.6 Å². The first-order valence-electron chi connectivity index (χ1n) is 8.62. The van der Waals surface area contributed by atoms with E-state index < -0.39 is 0 Å². The smallest absolute Gasteiger partial charge is 0.256 e. The molecule has 7 heteroatoms. The highest BCUT2D eigenvalue weighted by Crippen LogP contribution is 2.18. The number of rotatable bonds is 4. The van der Waals surface area contributed by atoms with E-state index in [1.54, 1.807) is 48.8 Å². The first-order chi connectivity index (χ1) is 13.6. The summed E-state index contributed by atoms with van der Waals surface area (Å²) >= 11 is 5.84. The van der Waals surface area contributed by atoms with Crippen molar-refractivity contribution in [2.75, 3.05) is 7.05 Å². The van der Waals surface area contributed by atoms with Gasteiger partial charge in [0.25, 0.3) is 5.56 Å². The Kier molecular flexibility index (Phi) is 6.37. The minimum Gasteiger partial charge on any atom is -0.338 e. The van der Waals surface area contributed by atoms with Crippen LogP contribution in [0.3, 0.4) is 0 Å². The van der Waals surface area contributed by atoms with Crippen molar-refractivity contribution in [3.8, 4) is 5.69 Å². The highest BCUT2D eigenvalue weighted by atomic mass is 35.5. The quantitative estimate of drug-likeness (QED) is 0.518. The Balaban J connectivity index is 0.000000211. The third-order valence-electron chi connectivity index (χ3n) is 4.04. The predicted octanol–water partition coefficient (Wildman–Crippen LogP) is 3.59. The van der Waals surface area contributed by atoms with Crippen LogP contribution >= 0.6 is 11.6 Å². The van der Waals surface area contributed by atoms with E-state index >= 15 is 0 Å². The Morgan fingerprint density at radius 3 is 2.46 bits per heavy atom. The summed E-state index contributed by atoms with van der Waals surface area (Å²) in [5.41, 5.74) is 2.82. The maximum atomic E-state index is 12.0. The average molecular weight is 395 g/mol. The third-order valence-corrected chi connectivity index (χ3v) is 4.29. The van der Waals surface area contributed by atoms with Crippen LogP contribution in [0.5, 0.6) is 0 Å². The lowest BCUT2D eigenvalue weighted by Crippen LogP contribution is -2.17. The zero-order valence-electron chi connectivity index (χ0n) is 15.2. The first-order valence-corrected chi connectivity index (χ1v) is 8.99. The molecule has 4 rings (SSSR count). The van der Waals surface area contributed by atoms with Crippen molar-refractivity contribution >= 4 is 28.9 Å². The van der Waals surface area contributed by atoms with Crippen LogP contribution in [-0.4, -0.2) is 27.9 Å². The highest BCUT2D eigenvalue weighted by Gasteiger charge is 2.08. The van der Waals surface area contributed by atoms with E-state index in [9.17, 15) is 9.59 Å². The second kappa shape index (κ2) is 9.12. The van der Waals surface area contributed by atoms with E-state index in [4.69, 9.17) is 11.6 Å². The van der Waals surface area contributed by atoms with Crippen LogP contribution in [0.25, 0.3) is 16.7 Å². The lowest BCUT2D eigenvalue weighted by molar-refractivity contribution is 0.111. The lowest BCUT2D eigenvalue weighted by Gasteiger charge is -2.07. The van der Waals surface area contributed by atoms with Gasteiger partial charge in [-0.25, -0.2) is 0 Å². The molecule has 0 atom stereocenters. The van der Waals surface area contributed by atoms with Crippen LogP contribution in [0.1, 0.15) is 16.1 Å². The van der Waals surface area contributed by atoms with Crippen molar-refractivity contribution < 1.29 is 4.79 Å². The molecule has 0 radical (unpaired) electrons. The molecule has 0 spiro atoms. The van der Waals surface area contributed by atoms with Gasteiger partial charge in [-0.05, 0) is 61.1 Å². The molecule has 6 nitrogen and oxygen atoms in total. The molecule has 2 N–H and O–H groups in total. The van der Waals surface area contributed by atoms with E-state index in [2.05, 4.69) is 15.3 Å². The zero-order valence-corrected chi connectivity index (χ0v) is 16.0. The molecule has 0 fully saturated rings. The second-order valence-corrected chi connectivity index (χ2v) is 6.45. The number of aldehydes is 1. The molecule has 0 bridgehead atoms. The van der Waals surface area contributed by atoms with E-state index in [1.165, 1.54) is 16.2 Å². The number of carbonyl (C=O) groups is 1. The summed E-state index contributed by atoms with van der Waals surface area (Å²) in [5.74, 6) is 0. The molecule has 3 aromatic heterocycles. The van der Waals surface area contributed by atoms with Gasteiger partial charge in [0, 0.05) is 35.4 Å². The van der Waals surface area contributed by atoms with Crippen LogP contribution in [0, 0.1) is 0 Å². The van der Waals surface area contributed by atoms with Crippen molar-refractivity contribution in [1.82, 2.24) is 19.9 Å². The molecule has 3 heterocycles. The predicted molar refractivity (Wildman–Crippen MR) is 111 cm³/mol. The Labute approximate surface area is 166 Å². The Morgan fingerprint density at radius 2 is 1.82 bits per heavy atom. The van der Waals surface area contributed by atoms with Gasteiger partial charge >= 0.3 is 0 Å². The standard InChI is InChI=1S/C14H9ClN2O2.C7H10N2/c15-10-2-4-12(5-3-10)17-13(19)6-1-9-7-11(8-18)16-14(9)17;1-8-6-7-2-4-9-5-3-7/h1-8,16H;2-5,8H,6H2,1H3. The summed E-state index contributed by atoms with van der Waals surface area (Å²) in [6.45, 7) is 0.919. The maximum Gasteiger partial charge on any atom is 0.256 e. The van der Waals surface area contributed by atoms with Crippen molar-refractivity contribution in [2.24, 2.45) is 0 Å². The minimum absolute atomic E-state index is 0.172. The van der Waals surface area contributed by atoms with Crippen molar-refractivity contribution in [3.63, 3.8) is 0 Å². The number of halogens is 1. The van der Waals surface area contributed by atoms with Gasteiger partial charge < -0.3 is 10.3 Å². The minimum atomic E-state index is -0.172. The number of nitrogens with one attached hydrogen (secondary N) is 2. The molecule has 4 aromatic rings. The number of benzene rings is 1. The number of pyridine rings is 2. The van der Waals surface area contributed by atoms with E-state index in [0.29, 0.717) is 22.1 Å². The summed E-state index contributed by atoms with van der Waals surface area (Å²) in [4.78, 5) is 29.7. The number of H-pyrrole nitrogens is 1. The van der Waals surface area contributed by atoms with Gasteiger partial charge in [-0.3, -0.25) is 19.1 Å². The number of hydrogen-bond donors (Lipinski definition) is 2. The molecule has 0 amide bonds. The van der Waals surface area contributed by atoms with Crippen molar-refractivity contribution in [2.45, 2.75) is 6.54 Å². The van der Waals surface area contributed by atoms with Crippen LogP contribution in [0.4, 0.5) is 0 Å². The van der Waals surface area contributed by atoms with Crippen LogP contribution in [-0.2, 0) is 6.54 Å². The van der Waals surface area contributed by atoms with Crippen LogP contribution < -0.4 is 10.9 Å². The Morgan fingerprint density at radius 1 is 1.11 bits per heavy atom. The highest BCUT2D eigenvalue weighted by molar-refractivity contribution is 6.30. The fourth-order valence-electron chi connectivity index (χ4n) is 2.75. The normalized spacial score (nSPS) is 10.4. The molecule has 0 aliphatic carbocycles. The molecule has 0 unspecified atom stereocenters. The average Bonchev–Trinajstić information content (AvgIpc) is 3.14. The molecule has 0 saturated carbocycles. The lowest BCUT2D eigenvalue weighted by atomic mass is 10.2. The molecule has 28 heavy (non-hydrogen) atoms. The molecule has 0 aliphatic rings. The maximum absolute atomic E-state index is 12.0. The van der Waals surface area contributed by atoms with Gasteiger partial charge in [0.2, 0.25) is 0 Å². The number of carbonyl (C=O) groups excluding carboxylic acids is 1. The summed E-state index contributed by atoms with van der Waals surface area (Å²) in [6.07, 6.45) is 4.32. The number of nitrogens with zero attached hydrogens (tertiary/aromatic N) is 2. The van der Waals surface area contributed by atoms with E-state index in [-0.39, 0.29) is 5.56 Å². The molecular formula is C21H19ClN4O2. The third kappa shape index (κ3) is 4.54. The number of fused-ring (bicyclic) bond motifs is 1. The Bertz CT molecular complexity index is 1120. The largest absolute Gasteiger partial charge is 0.338 e. The molecule has 0 aliphatic heterocycles. The Hall–Kier alpha value is -3.22. The SMILES string of the molecule is CNCc1ccncc1.O=Cc1cc2ccc(=O)n(-c3ccc(Cl)cc3)c2[nH]1. The van der Waals surface area contributed by atoms with Gasteiger partial charge in [-0.15, -0.1) is 0 Å².